The summed E-state index contributed by atoms with van der Waals surface area (Å²) in [6.45, 7) is 7.92. The van der Waals surface area contributed by atoms with Gasteiger partial charge in [0.1, 0.15) is 17.4 Å². The van der Waals surface area contributed by atoms with E-state index in [1.165, 1.54) is 25.1 Å². The molecule has 0 aliphatic carbocycles. The number of ether oxygens (including phenoxy) is 1. The molecule has 8 nitrogen and oxygen atoms in total. The number of aliphatic imine (C=N–C) groups is 1. The van der Waals surface area contributed by atoms with Crippen molar-refractivity contribution in [3.63, 3.8) is 0 Å². The number of aryl methyl sites for hydroxylation is 2. The molecule has 3 aromatic rings. The monoisotopic (exact) mass is 567 g/mol. The van der Waals surface area contributed by atoms with E-state index in [1.807, 2.05) is 45.0 Å². The highest BCUT2D eigenvalue weighted by atomic mass is 19.4. The predicted octanol–water partition coefficient (Wildman–Crippen LogP) is 5.76. The van der Waals surface area contributed by atoms with Crippen LogP contribution in [0.3, 0.4) is 0 Å². The maximum Gasteiger partial charge on any atom is 0.573 e. The molecule has 1 aliphatic rings. The molecule has 0 radical (unpaired) electrons. The van der Waals surface area contributed by atoms with Gasteiger partial charge in [-0.15, -0.1) is 13.2 Å². The fourth-order valence-corrected chi connectivity index (χ4v) is 5.29. The van der Waals surface area contributed by atoms with Gasteiger partial charge in [0.25, 0.3) is 5.91 Å². The minimum atomic E-state index is -4.90. The van der Waals surface area contributed by atoms with Crippen LogP contribution < -0.4 is 20.7 Å². The molecule has 216 valence electrons. The van der Waals surface area contributed by atoms with Crippen molar-refractivity contribution in [2.75, 3.05) is 16.8 Å². The summed E-state index contributed by atoms with van der Waals surface area (Å²) in [4.78, 5) is 35.1. The zero-order valence-corrected chi connectivity index (χ0v) is 23.2. The second-order valence-corrected chi connectivity index (χ2v) is 10.2. The summed E-state index contributed by atoms with van der Waals surface area (Å²) in [5.74, 6) is -1.40. The molecular formula is C30H32F3N5O3. The summed E-state index contributed by atoms with van der Waals surface area (Å²) < 4.78 is 42.4. The van der Waals surface area contributed by atoms with Gasteiger partial charge >= 0.3 is 6.36 Å². The highest BCUT2D eigenvalue weighted by Crippen LogP contribution is 2.34. The van der Waals surface area contributed by atoms with E-state index < -0.39 is 23.9 Å². The minimum absolute atomic E-state index is 0.00677. The highest BCUT2D eigenvalue weighted by molar-refractivity contribution is 6.06. The van der Waals surface area contributed by atoms with Gasteiger partial charge in [0.05, 0.1) is 5.56 Å². The molecule has 3 N–H and O–H groups in total. The quantitative estimate of drug-likeness (QED) is 0.290. The number of alkyl halides is 3. The number of rotatable bonds is 6. The van der Waals surface area contributed by atoms with Gasteiger partial charge in [-0.3, -0.25) is 9.59 Å². The predicted molar refractivity (Wildman–Crippen MR) is 152 cm³/mol. The van der Waals surface area contributed by atoms with Gasteiger partial charge in [0.15, 0.2) is 0 Å². The third kappa shape index (κ3) is 7.22. The number of hydrogen-bond acceptors (Lipinski definition) is 5. The minimum Gasteiger partial charge on any atom is -0.405 e. The van der Waals surface area contributed by atoms with Crippen molar-refractivity contribution in [1.82, 2.24) is 4.98 Å². The van der Waals surface area contributed by atoms with E-state index in [4.69, 9.17) is 5.73 Å². The Morgan fingerprint density at radius 1 is 1.12 bits per heavy atom. The van der Waals surface area contributed by atoms with E-state index in [0.717, 1.165) is 34.1 Å². The maximum absolute atomic E-state index is 13.0. The molecule has 2 heterocycles. The van der Waals surface area contributed by atoms with Crippen molar-refractivity contribution in [3.05, 3.63) is 71.4 Å². The molecular weight excluding hydrogens is 535 g/mol. The van der Waals surface area contributed by atoms with Crippen LogP contribution in [-0.2, 0) is 9.59 Å². The van der Waals surface area contributed by atoms with Crippen molar-refractivity contribution in [1.29, 1.82) is 0 Å². The summed E-state index contributed by atoms with van der Waals surface area (Å²) in [6.07, 6.45) is -3.88. The number of aromatic nitrogens is 1. The molecule has 0 spiro atoms. The molecule has 2 unspecified atom stereocenters. The van der Waals surface area contributed by atoms with Crippen LogP contribution in [0.15, 0.2) is 59.6 Å². The van der Waals surface area contributed by atoms with Crippen molar-refractivity contribution < 1.29 is 27.5 Å². The van der Waals surface area contributed by atoms with Crippen LogP contribution in [0.2, 0.25) is 0 Å². The third-order valence-electron chi connectivity index (χ3n) is 7.01. The van der Waals surface area contributed by atoms with Crippen molar-refractivity contribution in [2.24, 2.45) is 16.6 Å². The van der Waals surface area contributed by atoms with E-state index in [-0.39, 0.29) is 23.3 Å². The van der Waals surface area contributed by atoms with E-state index in [9.17, 15) is 22.8 Å². The fraction of sp³-hybridized carbons (Fsp3) is 0.333. The Kier molecular flexibility index (Phi) is 8.65. The third-order valence-corrected chi connectivity index (χ3v) is 7.01. The number of piperidine rings is 1. The lowest BCUT2D eigenvalue weighted by Crippen LogP contribution is -2.42. The number of carbonyl (C=O) groups excluding carboxylic acids is 2. The summed E-state index contributed by atoms with van der Waals surface area (Å²) in [6, 6.07) is 15.3. The zero-order valence-electron chi connectivity index (χ0n) is 23.2. The molecule has 2 atom stereocenters. The van der Waals surface area contributed by atoms with Crippen LogP contribution in [0, 0.1) is 19.8 Å². The van der Waals surface area contributed by atoms with Gasteiger partial charge in [0.2, 0.25) is 5.91 Å². The van der Waals surface area contributed by atoms with E-state index in [0.29, 0.717) is 25.2 Å². The number of para-hydroxylation sites is 1. The maximum atomic E-state index is 13.0. The normalized spacial score (nSPS) is 17.7. The summed E-state index contributed by atoms with van der Waals surface area (Å²) in [5, 5.41) is 2.73. The molecule has 1 fully saturated rings. The Labute approximate surface area is 236 Å². The average molecular weight is 568 g/mol. The lowest BCUT2D eigenvalue weighted by molar-refractivity contribution is -0.274. The number of anilines is 2. The molecule has 1 aliphatic heterocycles. The number of nitrogens with one attached hydrogen (secondary N) is 1. The van der Waals surface area contributed by atoms with Gasteiger partial charge in [-0.05, 0) is 75.1 Å². The number of hydrogen-bond donors (Lipinski definition) is 2. The van der Waals surface area contributed by atoms with Gasteiger partial charge < -0.3 is 20.7 Å². The number of nitrogens with zero attached hydrogens (tertiary/aromatic N) is 3. The molecule has 41 heavy (non-hydrogen) atoms. The number of nitrogens with two attached hydrogens (primary N) is 1. The number of carbonyl (C=O) groups is 2. The Morgan fingerprint density at radius 3 is 2.51 bits per heavy atom. The average Bonchev–Trinajstić information content (AvgIpc) is 2.87. The van der Waals surface area contributed by atoms with Gasteiger partial charge in [0, 0.05) is 42.4 Å². The van der Waals surface area contributed by atoms with E-state index in [1.54, 1.807) is 0 Å². The van der Waals surface area contributed by atoms with Crippen molar-refractivity contribution in [3.8, 4) is 16.9 Å². The van der Waals surface area contributed by atoms with E-state index in [2.05, 4.69) is 31.0 Å². The highest BCUT2D eigenvalue weighted by Gasteiger charge is 2.33. The second kappa shape index (κ2) is 12.0. The van der Waals surface area contributed by atoms with Crippen LogP contribution >= 0.6 is 0 Å². The van der Waals surface area contributed by atoms with Crippen LogP contribution in [0.1, 0.15) is 43.5 Å². The fourth-order valence-electron chi connectivity index (χ4n) is 5.29. The number of halogens is 3. The first kappa shape index (κ1) is 29.6. The number of amidine groups is 1. The van der Waals surface area contributed by atoms with Crippen molar-refractivity contribution >= 4 is 29.2 Å². The van der Waals surface area contributed by atoms with Gasteiger partial charge in [-0.25, -0.2) is 4.98 Å². The topological polar surface area (TPSA) is 110 Å². The lowest BCUT2D eigenvalue weighted by Gasteiger charge is -2.38. The first-order chi connectivity index (χ1) is 19.3. The second-order valence-electron chi connectivity index (χ2n) is 10.2. The Balaban J connectivity index is 1.49. The molecule has 2 amide bonds. The van der Waals surface area contributed by atoms with Gasteiger partial charge in [-0.1, -0.05) is 24.3 Å². The number of amides is 2. The van der Waals surface area contributed by atoms with E-state index >= 15 is 0 Å². The van der Waals surface area contributed by atoms with Crippen LogP contribution in [0.25, 0.3) is 11.1 Å². The molecule has 2 aromatic carbocycles. The zero-order chi connectivity index (χ0) is 29.9. The molecule has 1 saturated heterocycles. The lowest BCUT2D eigenvalue weighted by atomic mass is 9.90. The number of pyridine rings is 1. The Morgan fingerprint density at radius 2 is 1.85 bits per heavy atom. The molecule has 4 rings (SSSR count). The first-order valence-electron chi connectivity index (χ1n) is 13.2. The molecule has 0 bridgehead atoms. The summed E-state index contributed by atoms with van der Waals surface area (Å²) in [5.41, 5.74) is 10.6. The first-order valence-corrected chi connectivity index (χ1v) is 13.2. The van der Waals surface area contributed by atoms with Crippen LogP contribution in [-0.4, -0.2) is 41.6 Å². The molecule has 0 saturated carbocycles. The molecule has 1 aromatic heterocycles. The number of benzene rings is 2. The summed E-state index contributed by atoms with van der Waals surface area (Å²) >= 11 is 0. The van der Waals surface area contributed by atoms with Crippen LogP contribution in [0.4, 0.5) is 24.7 Å². The van der Waals surface area contributed by atoms with Crippen molar-refractivity contribution in [2.45, 2.75) is 52.9 Å². The molecule has 11 heteroatoms. The summed E-state index contributed by atoms with van der Waals surface area (Å²) in [7, 11) is 0. The van der Waals surface area contributed by atoms with Gasteiger partial charge in [-0.2, -0.15) is 4.99 Å². The Hall–Kier alpha value is -4.41. The Bertz CT molecular complexity index is 1470. The standard InChI is InChI=1S/C30H32F3N5O3/c1-17-14-26(36-20(4)39)35-19(3)27(17)21-8-7-9-23(16-21)38-13-12-22(15-18(38)2)29(40)37-28(34)24-10-5-6-11-25(24)41-30(31,32)33/h5-11,14,16,18,22H,12-13,15H2,1-4H3,(H2,34,37,40)(H,35,36,39). The smallest absolute Gasteiger partial charge is 0.405 e. The largest absolute Gasteiger partial charge is 0.573 e. The van der Waals surface area contributed by atoms with Crippen LogP contribution in [0.5, 0.6) is 5.75 Å². The SMILES string of the molecule is CC(=O)Nc1cc(C)c(-c2cccc(N3CCC(C(=O)N=C(N)c4ccccc4OC(F)(F)F)CC3C)c2)c(C)n1.